The molecular formula is C19H22N6O5. The van der Waals surface area contributed by atoms with Crippen LogP contribution in [0, 0.1) is 0 Å². The van der Waals surface area contributed by atoms with Crippen molar-refractivity contribution < 1.29 is 24.5 Å². The van der Waals surface area contributed by atoms with Gasteiger partial charge in [0, 0.05) is 6.54 Å². The molecule has 0 aliphatic carbocycles. The number of ether oxygens (including phenoxy) is 2. The summed E-state index contributed by atoms with van der Waals surface area (Å²) in [6.07, 6.45) is 0.601. The molecule has 0 saturated carbocycles. The number of carbonyl (C=O) groups is 1. The first-order valence-corrected chi connectivity index (χ1v) is 9.28. The third kappa shape index (κ3) is 3.54. The van der Waals surface area contributed by atoms with Gasteiger partial charge >= 0.3 is 0 Å². The Labute approximate surface area is 171 Å². The number of hydrogen-bond acceptors (Lipinski definition) is 9. The number of nitrogens with two attached hydrogens (primary N) is 1. The van der Waals surface area contributed by atoms with E-state index >= 15 is 0 Å². The predicted octanol–water partition coefficient (Wildman–Crippen LogP) is -0.819. The fourth-order valence-electron chi connectivity index (χ4n) is 3.43. The number of nitrogens with zero attached hydrogens (tertiary/aromatic N) is 4. The highest BCUT2D eigenvalue weighted by atomic mass is 16.5. The Morgan fingerprint density at radius 3 is 2.87 bits per heavy atom. The Kier molecular flexibility index (Phi) is 5.24. The predicted molar refractivity (Wildman–Crippen MR) is 105 cm³/mol. The molecule has 11 nitrogen and oxygen atoms in total. The molecular weight excluding hydrogens is 392 g/mol. The van der Waals surface area contributed by atoms with E-state index in [1.807, 2.05) is 0 Å². The minimum Gasteiger partial charge on any atom is -0.497 e. The Bertz CT molecular complexity index is 1060. The van der Waals surface area contributed by atoms with Crippen molar-refractivity contribution in [2.45, 2.75) is 24.4 Å². The molecule has 158 valence electrons. The number of nitrogens with one attached hydrogen (secondary N) is 1. The van der Waals surface area contributed by atoms with E-state index in [0.717, 1.165) is 5.56 Å². The largest absolute Gasteiger partial charge is 0.497 e. The van der Waals surface area contributed by atoms with Gasteiger partial charge in [0.1, 0.15) is 29.8 Å². The molecule has 3 aromatic rings. The second kappa shape index (κ2) is 7.86. The number of aromatic nitrogens is 4. The van der Waals surface area contributed by atoms with Gasteiger partial charge in [-0.1, -0.05) is 12.1 Å². The van der Waals surface area contributed by atoms with Crippen molar-refractivity contribution >= 4 is 22.9 Å². The number of imidazole rings is 1. The molecule has 5 N–H and O–H groups in total. The number of nitrogen functional groups attached to an aromatic ring is 1. The van der Waals surface area contributed by atoms with Gasteiger partial charge in [-0.15, -0.1) is 0 Å². The number of rotatable bonds is 6. The van der Waals surface area contributed by atoms with Crippen molar-refractivity contribution in [3.8, 4) is 5.75 Å². The fraction of sp³-hybridized carbons (Fsp3) is 0.368. The highest BCUT2D eigenvalue weighted by Gasteiger charge is 2.50. The van der Waals surface area contributed by atoms with Crippen molar-refractivity contribution in [3.63, 3.8) is 0 Å². The van der Waals surface area contributed by atoms with Crippen LogP contribution in [-0.4, -0.2) is 68.1 Å². The summed E-state index contributed by atoms with van der Waals surface area (Å²) in [5.41, 5.74) is 5.38. The molecule has 3 heterocycles. The maximum atomic E-state index is 12.2. The third-order valence-electron chi connectivity index (χ3n) is 5.14. The van der Waals surface area contributed by atoms with Gasteiger partial charge in [-0.05, 0) is 17.7 Å². The number of fused-ring (bicyclic) bond motifs is 1. The zero-order chi connectivity index (χ0) is 21.3. The van der Waals surface area contributed by atoms with Crippen molar-refractivity contribution in [2.24, 2.45) is 0 Å². The van der Waals surface area contributed by atoms with Crippen molar-refractivity contribution in [2.75, 3.05) is 26.0 Å². The molecule has 0 radical (unpaired) electrons. The van der Waals surface area contributed by atoms with E-state index in [2.05, 4.69) is 20.3 Å². The first-order chi connectivity index (χ1) is 14.4. The van der Waals surface area contributed by atoms with Gasteiger partial charge in [-0.3, -0.25) is 9.36 Å². The third-order valence-corrected chi connectivity index (χ3v) is 5.14. The molecule has 2 aromatic heterocycles. The molecule has 0 bridgehead atoms. The topological polar surface area (TPSA) is 158 Å². The van der Waals surface area contributed by atoms with E-state index in [1.54, 1.807) is 31.4 Å². The van der Waals surface area contributed by atoms with Gasteiger partial charge in [0.25, 0.3) is 0 Å². The van der Waals surface area contributed by atoms with Crippen LogP contribution in [0.4, 0.5) is 5.82 Å². The first kappa shape index (κ1) is 20.0. The zero-order valence-corrected chi connectivity index (χ0v) is 16.2. The number of hydrogen-bond donors (Lipinski definition) is 4. The normalized spacial score (nSPS) is 23.6. The van der Waals surface area contributed by atoms with Crippen molar-refractivity contribution in [1.82, 2.24) is 24.8 Å². The van der Waals surface area contributed by atoms with Gasteiger partial charge in [0.05, 0.1) is 26.5 Å². The molecule has 3 atom stereocenters. The van der Waals surface area contributed by atoms with Crippen molar-refractivity contribution in [1.29, 1.82) is 0 Å². The SMILES string of the molecule is COc1ccc(CC(=O)NCC2OCC(O)(n3cnc4c(N)ncnc43)C2O)cc1. The van der Waals surface area contributed by atoms with Crippen LogP contribution in [0.2, 0.25) is 0 Å². The number of anilines is 1. The summed E-state index contributed by atoms with van der Waals surface area (Å²) in [7, 11) is 1.57. The van der Waals surface area contributed by atoms with Crippen LogP contribution < -0.4 is 15.8 Å². The summed E-state index contributed by atoms with van der Waals surface area (Å²) in [4.78, 5) is 24.3. The second-order valence-corrected chi connectivity index (χ2v) is 7.05. The van der Waals surface area contributed by atoms with Crippen LogP contribution >= 0.6 is 0 Å². The molecule has 1 amide bonds. The number of benzene rings is 1. The molecule has 3 unspecified atom stereocenters. The van der Waals surface area contributed by atoms with Crippen LogP contribution in [0.1, 0.15) is 5.56 Å². The van der Waals surface area contributed by atoms with Crippen LogP contribution in [0.5, 0.6) is 5.75 Å². The second-order valence-electron chi connectivity index (χ2n) is 7.05. The fourth-order valence-corrected chi connectivity index (χ4v) is 3.43. The Morgan fingerprint density at radius 1 is 1.37 bits per heavy atom. The Balaban J connectivity index is 1.40. The van der Waals surface area contributed by atoms with Gasteiger partial charge in [-0.2, -0.15) is 0 Å². The standard InChI is InChI=1S/C19H22N6O5/c1-29-12-4-2-11(3-5-12)6-14(26)21-7-13-16(27)19(28,8-30-13)25-10-24-15-17(20)22-9-23-18(15)25/h2-5,9-10,13,16,27-28H,6-8H2,1H3,(H,21,26)(H2,20,22,23). The minimum absolute atomic E-state index is 0.0300. The lowest BCUT2D eigenvalue weighted by molar-refractivity contribution is -0.122. The Hall–Kier alpha value is -3.28. The molecule has 1 aromatic carbocycles. The molecule has 30 heavy (non-hydrogen) atoms. The minimum atomic E-state index is -1.80. The van der Waals surface area contributed by atoms with Gasteiger partial charge in [0.2, 0.25) is 5.91 Å². The average molecular weight is 414 g/mol. The molecule has 4 rings (SSSR count). The lowest BCUT2D eigenvalue weighted by atomic mass is 10.0. The van der Waals surface area contributed by atoms with Crippen LogP contribution in [0.3, 0.4) is 0 Å². The summed E-state index contributed by atoms with van der Waals surface area (Å²) in [5, 5.41) is 24.5. The number of carbonyl (C=O) groups excluding carboxylic acids is 1. The number of aliphatic hydroxyl groups is 2. The molecule has 11 heteroatoms. The van der Waals surface area contributed by atoms with Crippen molar-refractivity contribution in [3.05, 3.63) is 42.5 Å². The van der Waals surface area contributed by atoms with E-state index in [4.69, 9.17) is 15.2 Å². The van der Waals surface area contributed by atoms with E-state index in [1.165, 1.54) is 17.2 Å². The summed E-state index contributed by atoms with van der Waals surface area (Å²) in [6.45, 7) is -0.176. The quantitative estimate of drug-likeness (QED) is 0.404. The maximum Gasteiger partial charge on any atom is 0.224 e. The number of methoxy groups -OCH3 is 1. The summed E-state index contributed by atoms with van der Waals surface area (Å²) >= 11 is 0. The van der Waals surface area contributed by atoms with E-state index < -0.39 is 17.9 Å². The molecule has 1 aliphatic rings. The van der Waals surface area contributed by atoms with Crippen LogP contribution in [0.25, 0.3) is 11.2 Å². The molecule has 1 saturated heterocycles. The highest BCUT2D eigenvalue weighted by Crippen LogP contribution is 2.32. The summed E-state index contributed by atoms with van der Waals surface area (Å²) in [6, 6.07) is 7.15. The first-order valence-electron chi connectivity index (χ1n) is 9.28. The molecule has 1 aliphatic heterocycles. The highest BCUT2D eigenvalue weighted by molar-refractivity contribution is 5.81. The lowest BCUT2D eigenvalue weighted by Gasteiger charge is -2.27. The van der Waals surface area contributed by atoms with E-state index in [0.29, 0.717) is 11.3 Å². The maximum absolute atomic E-state index is 12.2. The van der Waals surface area contributed by atoms with Gasteiger partial charge < -0.3 is 30.7 Å². The summed E-state index contributed by atoms with van der Waals surface area (Å²) < 4.78 is 12.0. The van der Waals surface area contributed by atoms with Gasteiger partial charge in [0.15, 0.2) is 17.2 Å². The smallest absolute Gasteiger partial charge is 0.224 e. The summed E-state index contributed by atoms with van der Waals surface area (Å²) in [5.74, 6) is 0.637. The zero-order valence-electron chi connectivity index (χ0n) is 16.2. The van der Waals surface area contributed by atoms with Gasteiger partial charge in [-0.25, -0.2) is 15.0 Å². The number of amides is 1. The monoisotopic (exact) mass is 414 g/mol. The number of aliphatic hydroxyl groups excluding tert-OH is 1. The van der Waals surface area contributed by atoms with E-state index in [9.17, 15) is 15.0 Å². The Morgan fingerprint density at radius 2 is 2.13 bits per heavy atom. The van der Waals surface area contributed by atoms with Crippen LogP contribution in [0.15, 0.2) is 36.9 Å². The molecule has 1 fully saturated rings. The lowest BCUT2D eigenvalue weighted by Crippen LogP contribution is -2.48. The molecule has 0 spiro atoms. The van der Waals surface area contributed by atoms with Crippen LogP contribution in [-0.2, 0) is 21.7 Å². The average Bonchev–Trinajstić information content (AvgIpc) is 3.31. The van der Waals surface area contributed by atoms with E-state index in [-0.39, 0.29) is 36.9 Å².